The molecule has 0 radical (unpaired) electrons. The molecule has 0 saturated heterocycles. The van der Waals surface area contributed by atoms with E-state index in [1.54, 1.807) is 19.1 Å². The molecule has 0 aliphatic rings. The molecular weight excluding hydrogens is 327 g/mol. The first-order chi connectivity index (χ1) is 8.95. The zero-order valence-electron chi connectivity index (χ0n) is 10.7. The molecule has 0 aliphatic heterocycles. The van der Waals surface area contributed by atoms with Crippen molar-refractivity contribution >= 4 is 47.4 Å². The molecule has 5 nitrogen and oxygen atoms in total. The average Bonchev–Trinajstić information content (AvgIpc) is 2.38. The van der Waals surface area contributed by atoms with Crippen LogP contribution >= 0.6 is 35.6 Å². The molecule has 0 fully saturated rings. The van der Waals surface area contributed by atoms with Gasteiger partial charge in [-0.2, -0.15) is 0 Å². The van der Waals surface area contributed by atoms with Crippen LogP contribution in [0.5, 0.6) is 0 Å². The van der Waals surface area contributed by atoms with Crippen molar-refractivity contribution in [2.45, 2.75) is 13.0 Å². The minimum atomic E-state index is -1.15. The Labute approximate surface area is 133 Å². The van der Waals surface area contributed by atoms with Gasteiger partial charge >= 0.3 is 5.97 Å². The van der Waals surface area contributed by atoms with Gasteiger partial charge in [0.1, 0.15) is 18.5 Å². The Hall–Kier alpha value is -1.01. The summed E-state index contributed by atoms with van der Waals surface area (Å²) in [4.78, 5) is 14.9. The number of esters is 1. The second-order valence-corrected chi connectivity index (χ2v) is 4.44. The van der Waals surface area contributed by atoms with Gasteiger partial charge in [0.2, 0.25) is 0 Å². The van der Waals surface area contributed by atoms with Crippen LogP contribution in [-0.4, -0.2) is 30.1 Å². The van der Waals surface area contributed by atoms with Crippen molar-refractivity contribution in [2.24, 2.45) is 10.7 Å². The Morgan fingerprint density at radius 1 is 1.45 bits per heavy atom. The van der Waals surface area contributed by atoms with E-state index in [4.69, 9.17) is 33.7 Å². The molecule has 0 heterocycles. The molecule has 1 aromatic carbocycles. The number of aliphatic imine (C=N–C) groups is 1. The smallest absolute Gasteiger partial charge is 0.327 e. The first kappa shape index (κ1) is 19.0. The van der Waals surface area contributed by atoms with Gasteiger partial charge in [-0.05, 0) is 24.6 Å². The molecule has 1 aromatic rings. The number of halogens is 3. The van der Waals surface area contributed by atoms with E-state index in [0.29, 0.717) is 15.6 Å². The van der Waals surface area contributed by atoms with Crippen molar-refractivity contribution in [1.29, 1.82) is 0 Å². The summed E-state index contributed by atoms with van der Waals surface area (Å²) in [6.45, 7) is 1.72. The van der Waals surface area contributed by atoms with Crippen LogP contribution in [-0.2, 0) is 9.53 Å². The Bertz CT molecular complexity index is 495. The number of carbonyl (C=O) groups is 1. The third-order valence-corrected chi connectivity index (χ3v) is 2.97. The molecule has 0 aliphatic carbocycles. The number of aliphatic hydroxyl groups is 1. The lowest BCUT2D eigenvalue weighted by molar-refractivity contribution is -0.141. The fourth-order valence-corrected chi connectivity index (χ4v) is 1.61. The summed E-state index contributed by atoms with van der Waals surface area (Å²) in [5.41, 5.74) is 6.04. The molecule has 8 heteroatoms. The zero-order valence-corrected chi connectivity index (χ0v) is 13.0. The number of nitrogens with zero attached hydrogens (tertiary/aromatic N) is 1. The Morgan fingerprint density at radius 3 is 2.65 bits per heavy atom. The zero-order chi connectivity index (χ0) is 14.4. The van der Waals surface area contributed by atoms with Crippen molar-refractivity contribution in [1.82, 2.24) is 0 Å². The number of amidine groups is 1. The summed E-state index contributed by atoms with van der Waals surface area (Å²) >= 11 is 11.6. The predicted octanol–water partition coefficient (Wildman–Crippen LogP) is 2.37. The number of rotatable bonds is 5. The van der Waals surface area contributed by atoms with Gasteiger partial charge in [-0.1, -0.05) is 29.3 Å². The Morgan fingerprint density at radius 2 is 2.10 bits per heavy atom. The number of benzene rings is 1. The van der Waals surface area contributed by atoms with E-state index in [1.165, 1.54) is 6.07 Å². The SMILES string of the molecule is CCOC(=O)CN=C(N)C(O)c1ccc(Cl)c(Cl)c1.Cl. The van der Waals surface area contributed by atoms with Gasteiger partial charge in [0.15, 0.2) is 0 Å². The Kier molecular flexibility index (Phi) is 8.57. The molecule has 20 heavy (non-hydrogen) atoms. The number of carbonyl (C=O) groups excluding carboxylic acids is 1. The predicted molar refractivity (Wildman–Crippen MR) is 81.8 cm³/mol. The molecule has 1 atom stereocenters. The molecule has 0 saturated carbocycles. The van der Waals surface area contributed by atoms with E-state index in [-0.39, 0.29) is 31.4 Å². The van der Waals surface area contributed by atoms with Gasteiger partial charge in [0.25, 0.3) is 0 Å². The Balaban J connectivity index is 0.00000361. The third-order valence-electron chi connectivity index (χ3n) is 2.24. The van der Waals surface area contributed by atoms with Crippen LogP contribution in [0.4, 0.5) is 0 Å². The summed E-state index contributed by atoms with van der Waals surface area (Å²) in [5, 5.41) is 10.6. The van der Waals surface area contributed by atoms with Crippen molar-refractivity contribution in [3.05, 3.63) is 33.8 Å². The van der Waals surface area contributed by atoms with E-state index < -0.39 is 12.1 Å². The minimum Gasteiger partial charge on any atom is -0.465 e. The minimum absolute atomic E-state index is 0. The largest absolute Gasteiger partial charge is 0.465 e. The van der Waals surface area contributed by atoms with E-state index in [2.05, 4.69) is 4.99 Å². The third kappa shape index (κ3) is 5.54. The van der Waals surface area contributed by atoms with Gasteiger partial charge in [-0.15, -0.1) is 12.4 Å². The van der Waals surface area contributed by atoms with E-state index in [1.807, 2.05) is 0 Å². The van der Waals surface area contributed by atoms with Gasteiger partial charge in [-0.3, -0.25) is 9.79 Å². The maximum absolute atomic E-state index is 11.1. The lowest BCUT2D eigenvalue weighted by Crippen LogP contribution is -2.23. The van der Waals surface area contributed by atoms with Crippen LogP contribution in [0.3, 0.4) is 0 Å². The van der Waals surface area contributed by atoms with Crippen molar-refractivity contribution in [3.63, 3.8) is 0 Å². The van der Waals surface area contributed by atoms with Crippen molar-refractivity contribution in [3.8, 4) is 0 Å². The monoisotopic (exact) mass is 340 g/mol. The molecule has 3 N–H and O–H groups in total. The molecular formula is C12H15Cl3N2O3. The molecule has 0 amide bonds. The van der Waals surface area contributed by atoms with Crippen molar-refractivity contribution in [2.75, 3.05) is 13.2 Å². The van der Waals surface area contributed by atoms with E-state index in [0.717, 1.165) is 0 Å². The first-order valence-electron chi connectivity index (χ1n) is 5.54. The fraction of sp³-hybridized carbons (Fsp3) is 0.333. The fourth-order valence-electron chi connectivity index (χ4n) is 1.30. The van der Waals surface area contributed by atoms with Gasteiger partial charge < -0.3 is 15.6 Å². The second-order valence-electron chi connectivity index (χ2n) is 3.62. The lowest BCUT2D eigenvalue weighted by atomic mass is 10.1. The maximum Gasteiger partial charge on any atom is 0.327 e. The number of hydrogen-bond acceptors (Lipinski definition) is 4. The van der Waals surface area contributed by atoms with Crippen LogP contribution in [0, 0.1) is 0 Å². The van der Waals surface area contributed by atoms with Crippen LogP contribution < -0.4 is 5.73 Å². The summed E-state index contributed by atoms with van der Waals surface area (Å²) in [6, 6.07) is 4.61. The highest BCUT2D eigenvalue weighted by Crippen LogP contribution is 2.25. The van der Waals surface area contributed by atoms with Crippen LogP contribution in [0.1, 0.15) is 18.6 Å². The van der Waals surface area contributed by atoms with Gasteiger partial charge in [0, 0.05) is 0 Å². The molecule has 112 valence electrons. The highest BCUT2D eigenvalue weighted by atomic mass is 35.5. The highest BCUT2D eigenvalue weighted by Gasteiger charge is 2.14. The maximum atomic E-state index is 11.1. The van der Waals surface area contributed by atoms with Crippen molar-refractivity contribution < 1.29 is 14.6 Å². The second kappa shape index (κ2) is 9.02. The quantitative estimate of drug-likeness (QED) is 0.489. The van der Waals surface area contributed by atoms with E-state index >= 15 is 0 Å². The summed E-state index contributed by atoms with van der Waals surface area (Å²) in [6.07, 6.45) is -1.15. The standard InChI is InChI=1S/C12H14Cl2N2O3.ClH/c1-2-19-10(17)6-16-12(15)11(18)7-3-4-8(13)9(14)5-7;/h3-5,11,18H,2,6H2,1H3,(H2,15,16);1H. The van der Waals surface area contributed by atoms with E-state index in [9.17, 15) is 9.90 Å². The molecule has 0 aromatic heterocycles. The lowest BCUT2D eigenvalue weighted by Gasteiger charge is -2.11. The van der Waals surface area contributed by atoms with Gasteiger partial charge in [-0.25, -0.2) is 0 Å². The summed E-state index contributed by atoms with van der Waals surface area (Å²) < 4.78 is 4.69. The average molecular weight is 342 g/mol. The number of nitrogens with two attached hydrogens (primary N) is 1. The van der Waals surface area contributed by atoms with Crippen LogP contribution in [0.25, 0.3) is 0 Å². The number of aliphatic hydroxyl groups excluding tert-OH is 1. The molecule has 1 rings (SSSR count). The van der Waals surface area contributed by atoms with Crippen LogP contribution in [0.15, 0.2) is 23.2 Å². The van der Waals surface area contributed by atoms with Gasteiger partial charge in [0.05, 0.1) is 16.7 Å². The van der Waals surface area contributed by atoms with Crippen LogP contribution in [0.2, 0.25) is 10.0 Å². The number of hydrogen-bond donors (Lipinski definition) is 2. The molecule has 1 unspecified atom stereocenters. The summed E-state index contributed by atoms with van der Waals surface area (Å²) in [7, 11) is 0. The summed E-state index contributed by atoms with van der Waals surface area (Å²) in [5.74, 6) is -0.599. The normalized spacial score (nSPS) is 12.5. The molecule has 0 bridgehead atoms. The highest BCUT2D eigenvalue weighted by molar-refractivity contribution is 6.42. The topological polar surface area (TPSA) is 84.9 Å². The number of ether oxygens (including phenoxy) is 1. The molecule has 0 spiro atoms. The first-order valence-corrected chi connectivity index (χ1v) is 6.29.